The summed E-state index contributed by atoms with van der Waals surface area (Å²) in [4.78, 5) is 2.54. The van der Waals surface area contributed by atoms with Crippen molar-refractivity contribution in [2.45, 2.75) is 32.7 Å². The van der Waals surface area contributed by atoms with Gasteiger partial charge >= 0.3 is 0 Å². The average Bonchev–Trinajstić information content (AvgIpc) is 2.54. The summed E-state index contributed by atoms with van der Waals surface area (Å²) >= 11 is 3.71. The summed E-state index contributed by atoms with van der Waals surface area (Å²) in [5.41, 5.74) is 2.86. The highest BCUT2D eigenvalue weighted by atomic mass is 79.9. The third-order valence-electron chi connectivity index (χ3n) is 3.85. The van der Waals surface area contributed by atoms with Gasteiger partial charge in [0.1, 0.15) is 0 Å². The van der Waals surface area contributed by atoms with Crippen molar-refractivity contribution in [2.75, 3.05) is 25.0 Å². The summed E-state index contributed by atoms with van der Waals surface area (Å²) in [5.74, 6) is 0.734. The van der Waals surface area contributed by atoms with Crippen LogP contribution in [-0.4, -0.2) is 25.7 Å². The lowest BCUT2D eigenvalue weighted by Gasteiger charge is -2.34. The Morgan fingerprint density at radius 3 is 2.78 bits per heavy atom. The topological polar surface area (TPSA) is 15.3 Å². The van der Waals surface area contributed by atoms with E-state index in [0.717, 1.165) is 19.0 Å². The van der Waals surface area contributed by atoms with E-state index < -0.39 is 0 Å². The van der Waals surface area contributed by atoms with Crippen LogP contribution in [0.3, 0.4) is 0 Å². The van der Waals surface area contributed by atoms with E-state index in [9.17, 15) is 0 Å². The van der Waals surface area contributed by atoms with E-state index >= 15 is 0 Å². The maximum Gasteiger partial charge on any atom is 0.0515 e. The lowest BCUT2D eigenvalue weighted by Crippen LogP contribution is -2.38. The van der Waals surface area contributed by atoms with Crippen molar-refractivity contribution < 1.29 is 0 Å². The fourth-order valence-electron chi connectivity index (χ4n) is 3.07. The molecule has 3 heteroatoms. The molecule has 0 bridgehead atoms. The lowest BCUT2D eigenvalue weighted by molar-refractivity contribution is 0.461. The summed E-state index contributed by atoms with van der Waals surface area (Å²) in [5, 5.41) is 3.30. The highest BCUT2D eigenvalue weighted by molar-refractivity contribution is 9.10. The summed E-state index contributed by atoms with van der Waals surface area (Å²) in [6, 6.07) is 6.64. The predicted molar refractivity (Wildman–Crippen MR) is 82.3 cm³/mol. The van der Waals surface area contributed by atoms with E-state index in [2.05, 4.69) is 65.1 Å². The van der Waals surface area contributed by atoms with E-state index in [-0.39, 0.29) is 5.54 Å². The first-order chi connectivity index (χ1) is 8.44. The lowest BCUT2D eigenvalue weighted by atomic mass is 9.96. The maximum absolute atomic E-state index is 3.71. The first kappa shape index (κ1) is 13.9. The fraction of sp³-hybridized carbons (Fsp3) is 0.600. The molecule has 1 aromatic carbocycles. The molecule has 2 rings (SSSR count). The van der Waals surface area contributed by atoms with Gasteiger partial charge < -0.3 is 10.2 Å². The van der Waals surface area contributed by atoms with Crippen LogP contribution in [0.15, 0.2) is 22.7 Å². The Kier molecular flexibility index (Phi) is 4.02. The normalized spacial score (nSPS) is 22.5. The molecule has 0 aromatic heterocycles. The van der Waals surface area contributed by atoms with Gasteiger partial charge in [0, 0.05) is 16.6 Å². The van der Waals surface area contributed by atoms with Gasteiger partial charge in [0.05, 0.1) is 5.69 Å². The highest BCUT2D eigenvalue weighted by Gasteiger charge is 2.38. The molecular formula is C15H23BrN2. The largest absolute Gasteiger partial charge is 0.365 e. The van der Waals surface area contributed by atoms with Crippen molar-refractivity contribution in [1.29, 1.82) is 0 Å². The average molecular weight is 311 g/mol. The van der Waals surface area contributed by atoms with Crippen LogP contribution in [0.25, 0.3) is 0 Å². The van der Waals surface area contributed by atoms with Crippen LogP contribution < -0.4 is 10.2 Å². The molecule has 0 aliphatic carbocycles. The summed E-state index contributed by atoms with van der Waals surface area (Å²) in [7, 11) is 2.04. The van der Waals surface area contributed by atoms with Gasteiger partial charge in [-0.1, -0.05) is 6.07 Å². The van der Waals surface area contributed by atoms with Gasteiger partial charge in [-0.3, -0.25) is 0 Å². The van der Waals surface area contributed by atoms with Crippen molar-refractivity contribution in [1.82, 2.24) is 5.32 Å². The minimum Gasteiger partial charge on any atom is -0.365 e. The minimum absolute atomic E-state index is 0.235. The standard InChI is InChI=1S/C15H23BrN2/c1-11-5-6-14(13(16)7-11)18-10-12(9-17-4)8-15(18,2)3/h5-7,12,17H,8-10H2,1-4H3. The molecule has 1 aromatic rings. The van der Waals surface area contributed by atoms with Gasteiger partial charge in [-0.25, -0.2) is 0 Å². The molecule has 100 valence electrons. The Balaban J connectivity index is 2.26. The zero-order valence-electron chi connectivity index (χ0n) is 11.8. The van der Waals surface area contributed by atoms with Crippen molar-refractivity contribution in [3.05, 3.63) is 28.2 Å². The second-order valence-corrected chi connectivity index (χ2v) is 6.86. The highest BCUT2D eigenvalue weighted by Crippen LogP contribution is 2.40. The van der Waals surface area contributed by atoms with E-state index in [1.807, 2.05) is 7.05 Å². The van der Waals surface area contributed by atoms with Gasteiger partial charge in [0.15, 0.2) is 0 Å². The molecule has 18 heavy (non-hydrogen) atoms. The minimum atomic E-state index is 0.235. The Bertz CT molecular complexity index is 429. The number of benzene rings is 1. The molecule has 1 saturated heterocycles. The van der Waals surface area contributed by atoms with Gasteiger partial charge in [0.2, 0.25) is 0 Å². The van der Waals surface area contributed by atoms with E-state index in [0.29, 0.717) is 0 Å². The van der Waals surface area contributed by atoms with Crippen LogP contribution in [0, 0.1) is 12.8 Å². The maximum atomic E-state index is 3.71. The number of nitrogens with one attached hydrogen (secondary N) is 1. The second kappa shape index (κ2) is 5.22. The first-order valence-corrected chi connectivity index (χ1v) is 7.42. The third kappa shape index (κ3) is 2.72. The van der Waals surface area contributed by atoms with Gasteiger partial charge in [-0.2, -0.15) is 0 Å². The zero-order valence-corrected chi connectivity index (χ0v) is 13.3. The molecule has 1 aliphatic rings. The number of anilines is 1. The molecule has 1 fully saturated rings. The summed E-state index contributed by atoms with van der Waals surface area (Å²) < 4.78 is 1.21. The summed E-state index contributed by atoms with van der Waals surface area (Å²) in [6.45, 7) is 9.05. The van der Waals surface area contributed by atoms with Gasteiger partial charge in [-0.15, -0.1) is 0 Å². The van der Waals surface area contributed by atoms with Crippen molar-refractivity contribution >= 4 is 21.6 Å². The summed E-state index contributed by atoms with van der Waals surface area (Å²) in [6.07, 6.45) is 1.24. The van der Waals surface area contributed by atoms with Crippen molar-refractivity contribution in [2.24, 2.45) is 5.92 Å². The molecule has 1 aliphatic heterocycles. The predicted octanol–water partition coefficient (Wildman–Crippen LogP) is 3.58. The van der Waals surface area contributed by atoms with Crippen molar-refractivity contribution in [3.63, 3.8) is 0 Å². The van der Waals surface area contributed by atoms with Crippen LogP contribution in [0.1, 0.15) is 25.8 Å². The molecule has 0 spiro atoms. The molecular weight excluding hydrogens is 288 g/mol. The number of rotatable bonds is 3. The third-order valence-corrected chi connectivity index (χ3v) is 4.48. The zero-order chi connectivity index (χ0) is 13.3. The van der Waals surface area contributed by atoms with Gasteiger partial charge in [-0.05, 0) is 80.3 Å². The molecule has 1 unspecified atom stereocenters. The number of hydrogen-bond donors (Lipinski definition) is 1. The van der Waals surface area contributed by atoms with Crippen LogP contribution in [0.5, 0.6) is 0 Å². The second-order valence-electron chi connectivity index (χ2n) is 6.01. The monoisotopic (exact) mass is 310 g/mol. The van der Waals surface area contributed by atoms with E-state index in [1.54, 1.807) is 0 Å². The Morgan fingerprint density at radius 1 is 1.44 bits per heavy atom. The van der Waals surface area contributed by atoms with E-state index in [1.165, 1.54) is 22.1 Å². The molecule has 1 heterocycles. The van der Waals surface area contributed by atoms with Gasteiger partial charge in [0.25, 0.3) is 0 Å². The van der Waals surface area contributed by atoms with Crippen LogP contribution in [0.2, 0.25) is 0 Å². The quantitative estimate of drug-likeness (QED) is 0.918. The smallest absolute Gasteiger partial charge is 0.0515 e. The molecule has 1 atom stereocenters. The van der Waals surface area contributed by atoms with Crippen LogP contribution in [0.4, 0.5) is 5.69 Å². The molecule has 2 nitrogen and oxygen atoms in total. The SMILES string of the molecule is CNCC1CN(c2ccc(C)cc2Br)C(C)(C)C1. The van der Waals surface area contributed by atoms with E-state index in [4.69, 9.17) is 0 Å². The number of halogens is 1. The molecule has 0 saturated carbocycles. The fourth-order valence-corrected chi connectivity index (χ4v) is 3.77. The Hall–Kier alpha value is -0.540. The molecule has 1 N–H and O–H groups in total. The molecule has 0 amide bonds. The number of aryl methyl sites for hydroxylation is 1. The number of nitrogens with zero attached hydrogens (tertiary/aromatic N) is 1. The molecule has 0 radical (unpaired) electrons. The van der Waals surface area contributed by atoms with Crippen molar-refractivity contribution in [3.8, 4) is 0 Å². The number of hydrogen-bond acceptors (Lipinski definition) is 2. The Labute approximate surface area is 119 Å². The van der Waals surface area contributed by atoms with Crippen LogP contribution >= 0.6 is 15.9 Å². The first-order valence-electron chi connectivity index (χ1n) is 6.62. The Morgan fingerprint density at radius 2 is 2.17 bits per heavy atom. The van der Waals surface area contributed by atoms with Crippen LogP contribution in [-0.2, 0) is 0 Å².